The Morgan fingerprint density at radius 3 is 2.53 bits per heavy atom. The molecule has 0 aliphatic carbocycles. The van der Waals surface area contributed by atoms with E-state index in [0.717, 1.165) is 0 Å². The van der Waals surface area contributed by atoms with Crippen molar-refractivity contribution in [1.82, 2.24) is 4.90 Å². The van der Waals surface area contributed by atoms with Crippen LogP contribution in [0.5, 0.6) is 0 Å². The molecule has 0 aliphatic rings. The summed E-state index contributed by atoms with van der Waals surface area (Å²) in [6.45, 7) is 2.89. The molecular weight excluding hydrogens is 268 g/mol. The van der Waals surface area contributed by atoms with Gasteiger partial charge in [-0.15, -0.1) is 10.1 Å². The van der Waals surface area contributed by atoms with E-state index in [0.29, 0.717) is 25.8 Å². The van der Waals surface area contributed by atoms with Crippen molar-refractivity contribution in [3.8, 4) is 0 Å². The summed E-state index contributed by atoms with van der Waals surface area (Å²) in [7, 11) is 1.65. The molecule has 112 valence electrons. The predicted octanol–water partition coefficient (Wildman–Crippen LogP) is 2.68. The second kappa shape index (κ2) is 16.8. The van der Waals surface area contributed by atoms with E-state index in [1.54, 1.807) is 12.5 Å². The number of hydrogen-bond acceptors (Lipinski definition) is 5. The van der Waals surface area contributed by atoms with Gasteiger partial charge in [0.2, 0.25) is 6.41 Å². The Morgan fingerprint density at radius 2 is 2.05 bits per heavy atom. The first kappa shape index (κ1) is 20.1. The van der Waals surface area contributed by atoms with Gasteiger partial charge in [0.1, 0.15) is 0 Å². The average Bonchev–Trinajstić information content (AvgIpc) is 2.39. The van der Waals surface area contributed by atoms with Crippen molar-refractivity contribution < 1.29 is 14.7 Å². The maximum Gasteiger partial charge on any atom is 0.294 e. The molecule has 0 saturated carbocycles. The molecule has 0 heterocycles. The number of nitrogens with zero attached hydrogens (tertiary/aromatic N) is 2. The molecule has 1 amide bonds. The normalized spacial score (nSPS) is 9.63. The van der Waals surface area contributed by atoms with Crippen LogP contribution in [0.15, 0.2) is 11.5 Å². The average molecular weight is 292 g/mol. The molecule has 0 aliphatic heterocycles. The molecule has 0 fully saturated rings. The topological polar surface area (TPSA) is 72.7 Å². The molecule has 6 nitrogen and oxygen atoms in total. The van der Waals surface area contributed by atoms with Crippen molar-refractivity contribution in [2.24, 2.45) is 0 Å². The van der Waals surface area contributed by atoms with E-state index >= 15 is 0 Å². The first-order valence-electron chi connectivity index (χ1n) is 6.30. The molecule has 0 aromatic carbocycles. The molecule has 0 radical (unpaired) electrons. The van der Waals surface area contributed by atoms with E-state index in [2.05, 4.69) is 30.5 Å². The van der Waals surface area contributed by atoms with E-state index in [-0.39, 0.29) is 6.61 Å². The van der Waals surface area contributed by atoms with Crippen LogP contribution in [0.3, 0.4) is 0 Å². The van der Waals surface area contributed by atoms with Gasteiger partial charge in [0.05, 0.1) is 6.61 Å². The van der Waals surface area contributed by atoms with Gasteiger partial charge in [0.25, 0.3) is 5.09 Å². The van der Waals surface area contributed by atoms with Gasteiger partial charge in [0.15, 0.2) is 0 Å². The Bertz CT molecular complexity index is 250. The monoisotopic (exact) mass is 292 g/mol. The number of amides is 1. The van der Waals surface area contributed by atoms with Gasteiger partial charge in [0, 0.05) is 13.6 Å². The predicted molar refractivity (Wildman–Crippen MR) is 78.5 cm³/mol. The molecule has 7 heteroatoms. The van der Waals surface area contributed by atoms with Gasteiger partial charge in [-0.3, -0.25) is 4.79 Å². The van der Waals surface area contributed by atoms with Crippen molar-refractivity contribution >= 4 is 19.0 Å². The van der Waals surface area contributed by atoms with Crippen molar-refractivity contribution in [1.29, 1.82) is 0 Å². The van der Waals surface area contributed by atoms with Gasteiger partial charge in [-0.25, -0.2) is 0 Å². The number of unbranched alkanes of at least 4 members (excludes halogenated alkanes) is 3. The number of carbonyl (C=O) groups excluding carboxylic acids is 1. The zero-order valence-corrected chi connectivity index (χ0v) is 12.6. The summed E-state index contributed by atoms with van der Waals surface area (Å²) in [6, 6.07) is 0. The summed E-state index contributed by atoms with van der Waals surface area (Å²) in [5.41, 5.74) is 0. The SMILES string of the molecule is CCCC/C=C\S.CN(C=O)CCCCO[N+](=O)[O-]. The maximum absolute atomic E-state index is 10.1. The molecular formula is C12H24N2O4S. The van der Waals surface area contributed by atoms with Gasteiger partial charge in [-0.1, -0.05) is 25.8 Å². The van der Waals surface area contributed by atoms with Crippen molar-refractivity contribution in [2.75, 3.05) is 20.2 Å². The minimum Gasteiger partial charge on any atom is -0.348 e. The summed E-state index contributed by atoms with van der Waals surface area (Å²) in [6.07, 6.45) is 7.83. The fraction of sp³-hybridized carbons (Fsp3) is 0.750. The van der Waals surface area contributed by atoms with Crippen LogP contribution in [-0.2, 0) is 9.63 Å². The number of carbonyl (C=O) groups is 1. The van der Waals surface area contributed by atoms with E-state index in [1.807, 2.05) is 0 Å². The fourth-order valence-electron chi connectivity index (χ4n) is 1.05. The third kappa shape index (κ3) is 22.4. The lowest BCUT2D eigenvalue weighted by atomic mass is 10.2. The molecule has 0 spiro atoms. The maximum atomic E-state index is 10.1. The van der Waals surface area contributed by atoms with Crippen molar-refractivity contribution in [3.05, 3.63) is 21.6 Å². The highest BCUT2D eigenvalue weighted by atomic mass is 32.1. The number of thiol groups is 1. The highest BCUT2D eigenvalue weighted by Crippen LogP contribution is 1.94. The first-order valence-corrected chi connectivity index (χ1v) is 6.82. The highest BCUT2D eigenvalue weighted by Gasteiger charge is 1.96. The molecule has 0 bridgehead atoms. The van der Waals surface area contributed by atoms with Crippen molar-refractivity contribution in [2.45, 2.75) is 39.0 Å². The van der Waals surface area contributed by atoms with Crippen LogP contribution in [0.1, 0.15) is 39.0 Å². The third-order valence-corrected chi connectivity index (χ3v) is 2.32. The third-order valence-electron chi connectivity index (χ3n) is 2.11. The lowest BCUT2D eigenvalue weighted by Crippen LogP contribution is -2.17. The second-order valence-corrected chi connectivity index (χ2v) is 4.18. The largest absolute Gasteiger partial charge is 0.348 e. The van der Waals surface area contributed by atoms with Crippen LogP contribution in [0, 0.1) is 10.1 Å². The van der Waals surface area contributed by atoms with Gasteiger partial charge in [-0.2, -0.15) is 12.6 Å². The van der Waals surface area contributed by atoms with Crippen LogP contribution in [0.25, 0.3) is 0 Å². The van der Waals surface area contributed by atoms with Crippen LogP contribution >= 0.6 is 12.6 Å². The molecule has 0 N–H and O–H groups in total. The Morgan fingerprint density at radius 1 is 1.37 bits per heavy atom. The van der Waals surface area contributed by atoms with Crippen LogP contribution in [0.2, 0.25) is 0 Å². The molecule has 0 atom stereocenters. The Kier molecular flexibility index (Phi) is 17.7. The number of hydrogen-bond donors (Lipinski definition) is 1. The Labute approximate surface area is 120 Å². The van der Waals surface area contributed by atoms with E-state index < -0.39 is 5.09 Å². The first-order chi connectivity index (χ1) is 9.08. The van der Waals surface area contributed by atoms with Crippen molar-refractivity contribution in [3.63, 3.8) is 0 Å². The lowest BCUT2D eigenvalue weighted by Gasteiger charge is -2.08. The zero-order valence-electron chi connectivity index (χ0n) is 11.7. The molecule has 0 aromatic rings. The van der Waals surface area contributed by atoms with Crippen LogP contribution in [0.4, 0.5) is 0 Å². The van der Waals surface area contributed by atoms with Gasteiger partial charge < -0.3 is 9.74 Å². The number of rotatable bonds is 10. The van der Waals surface area contributed by atoms with Crippen LogP contribution in [-0.4, -0.2) is 36.6 Å². The summed E-state index contributed by atoms with van der Waals surface area (Å²) in [5, 5.41) is 10.7. The molecule has 0 rings (SSSR count). The molecule has 0 unspecified atom stereocenters. The standard InChI is InChI=1S/C6H12N2O4.C6H12S/c1-7(6-9)4-2-3-5-12-8(10)11;1-2-3-4-5-6-7/h6H,2-5H2,1H3;5-7H,2-4H2,1H3/b;6-5-. The smallest absolute Gasteiger partial charge is 0.294 e. The summed E-state index contributed by atoms with van der Waals surface area (Å²) in [5.74, 6) is 0. The minimum atomic E-state index is -0.816. The quantitative estimate of drug-likeness (QED) is 0.221. The summed E-state index contributed by atoms with van der Waals surface area (Å²) in [4.78, 5) is 25.3. The summed E-state index contributed by atoms with van der Waals surface area (Å²) < 4.78 is 0. The highest BCUT2D eigenvalue weighted by molar-refractivity contribution is 7.83. The molecule has 0 saturated heterocycles. The second-order valence-electron chi connectivity index (χ2n) is 3.88. The zero-order chi connectivity index (χ0) is 14.9. The number of allylic oxidation sites excluding steroid dienone is 1. The summed E-state index contributed by atoms with van der Waals surface area (Å²) >= 11 is 3.91. The Balaban J connectivity index is 0. The minimum absolute atomic E-state index is 0.0969. The lowest BCUT2D eigenvalue weighted by molar-refractivity contribution is -0.757. The molecule has 0 aromatic heterocycles. The van der Waals surface area contributed by atoms with Crippen LogP contribution < -0.4 is 0 Å². The van der Waals surface area contributed by atoms with E-state index in [9.17, 15) is 14.9 Å². The van der Waals surface area contributed by atoms with Gasteiger partial charge in [-0.05, 0) is 24.7 Å². The van der Waals surface area contributed by atoms with Gasteiger partial charge >= 0.3 is 0 Å². The van der Waals surface area contributed by atoms with E-state index in [1.165, 1.54) is 24.2 Å². The molecule has 19 heavy (non-hydrogen) atoms. The fourth-order valence-corrected chi connectivity index (χ4v) is 1.20. The Hall–Kier alpha value is -1.24. The van der Waals surface area contributed by atoms with E-state index in [4.69, 9.17) is 0 Å².